The highest BCUT2D eigenvalue weighted by Gasteiger charge is 2.45. The minimum atomic E-state index is -0.918. The fourth-order valence-electron chi connectivity index (χ4n) is 8.32. The van der Waals surface area contributed by atoms with Gasteiger partial charge in [-0.1, -0.05) is 10.4 Å². The Kier molecular flexibility index (Phi) is 8.53. The van der Waals surface area contributed by atoms with E-state index in [-0.39, 0.29) is 5.54 Å². The fourth-order valence-corrected chi connectivity index (χ4v) is 8.32. The van der Waals surface area contributed by atoms with E-state index < -0.39 is 6.09 Å². The largest absolute Gasteiger partial charge is 0.465 e. The quantitative estimate of drug-likeness (QED) is 0.163. The van der Waals surface area contributed by atoms with E-state index in [4.69, 9.17) is 16.1 Å². The molecule has 0 atom stereocenters. The van der Waals surface area contributed by atoms with Crippen molar-refractivity contribution in [3.05, 3.63) is 48.6 Å². The first-order chi connectivity index (χ1) is 24.4. The van der Waals surface area contributed by atoms with Crippen LogP contribution in [0.4, 0.5) is 4.79 Å². The van der Waals surface area contributed by atoms with Crippen LogP contribution in [-0.4, -0.2) is 97.4 Å². The lowest BCUT2D eigenvalue weighted by atomic mass is 9.79. The SMILES string of the molecule is N#CCC1(NC[C@H]2CC[C@H](c3nnn4cnc5[nH]ccc5c34)CC2)CN(C(=O)O)C1.NC[C@H]1CC[C@H](c2nnn3cnc4[nH]ccc4c23)CC1. The van der Waals surface area contributed by atoms with Gasteiger partial charge in [0.2, 0.25) is 0 Å². The van der Waals surface area contributed by atoms with Gasteiger partial charge in [0.25, 0.3) is 0 Å². The smallest absolute Gasteiger partial charge is 0.407 e. The summed E-state index contributed by atoms with van der Waals surface area (Å²) in [6.45, 7) is 2.40. The summed E-state index contributed by atoms with van der Waals surface area (Å²) in [5.74, 6) is 2.07. The molecule has 2 saturated carbocycles. The van der Waals surface area contributed by atoms with Gasteiger partial charge in [-0.15, -0.1) is 10.2 Å². The zero-order valence-corrected chi connectivity index (χ0v) is 27.9. The Morgan fingerprint density at radius 1 is 0.880 bits per heavy atom. The summed E-state index contributed by atoms with van der Waals surface area (Å²) in [6.07, 6.45) is 15.6. The Labute approximate surface area is 287 Å². The molecule has 3 aliphatic rings. The molecule has 1 amide bonds. The van der Waals surface area contributed by atoms with Crippen molar-refractivity contribution >= 4 is 39.2 Å². The van der Waals surface area contributed by atoms with Crippen LogP contribution >= 0.6 is 0 Å². The van der Waals surface area contributed by atoms with E-state index in [1.54, 1.807) is 21.7 Å². The van der Waals surface area contributed by atoms with Crippen LogP contribution in [0, 0.1) is 23.2 Å². The molecule has 0 radical (unpaired) electrons. The van der Waals surface area contributed by atoms with Crippen molar-refractivity contribution < 1.29 is 9.90 Å². The third kappa shape index (κ3) is 5.90. The van der Waals surface area contributed by atoms with Crippen LogP contribution in [0.3, 0.4) is 0 Å². The summed E-state index contributed by atoms with van der Waals surface area (Å²) in [4.78, 5) is 27.4. The molecule has 16 nitrogen and oxygen atoms in total. The second-order valence-electron chi connectivity index (χ2n) is 14.3. The number of nitrogens with two attached hydrogens (primary N) is 1. The maximum absolute atomic E-state index is 11.1. The zero-order valence-electron chi connectivity index (χ0n) is 27.9. The number of H-pyrrole nitrogens is 2. The minimum absolute atomic E-state index is 0.332. The average Bonchev–Trinajstić information content (AvgIpc) is 3.94. The van der Waals surface area contributed by atoms with Crippen LogP contribution < -0.4 is 11.1 Å². The highest BCUT2D eigenvalue weighted by molar-refractivity contribution is 5.93. The van der Waals surface area contributed by atoms with Crippen molar-refractivity contribution in [3.63, 3.8) is 0 Å². The summed E-state index contributed by atoms with van der Waals surface area (Å²) in [5, 5.41) is 41.3. The lowest BCUT2D eigenvalue weighted by Crippen LogP contribution is -2.70. The standard InChI is InChI=1S/C20H24N8O2.C14H18N6/c21-7-6-20(10-27(11-20)19(29)30)24-9-13-1-3-14(4-2-13)16-17-15-5-8-22-18(15)23-12-28(17)26-25-16;15-7-9-1-3-10(4-2-9)12-13-11-5-6-16-14(11)17-8-20(13)19-18-12/h5,8,12-14,22,24H,1-4,6,9-11H2,(H,29,30);5-6,8-10,16H,1-4,7,15H2/t13-,14-;9-,10-. The van der Waals surface area contributed by atoms with E-state index >= 15 is 0 Å². The molecule has 16 heteroatoms. The number of hydrogen-bond donors (Lipinski definition) is 5. The van der Waals surface area contributed by atoms with E-state index in [1.807, 2.05) is 18.5 Å². The molecule has 0 bridgehead atoms. The molecule has 0 aromatic carbocycles. The molecule has 3 fully saturated rings. The Morgan fingerprint density at radius 2 is 1.40 bits per heavy atom. The molecule has 2 aliphatic carbocycles. The molecule has 9 rings (SSSR count). The number of aromatic amines is 2. The number of fused-ring (bicyclic) bond motifs is 6. The van der Waals surface area contributed by atoms with Gasteiger partial charge in [0, 0.05) is 48.1 Å². The molecule has 0 spiro atoms. The Hall–Kier alpha value is -5.14. The number of hydrogen-bond acceptors (Lipinski definition) is 10. The Bertz CT molecular complexity index is 2150. The van der Waals surface area contributed by atoms with Crippen LogP contribution in [0.25, 0.3) is 33.1 Å². The highest BCUT2D eigenvalue weighted by Crippen LogP contribution is 2.39. The van der Waals surface area contributed by atoms with E-state index in [1.165, 1.54) is 17.7 Å². The Morgan fingerprint density at radius 3 is 1.88 bits per heavy atom. The first kappa shape index (κ1) is 32.1. The third-order valence-corrected chi connectivity index (χ3v) is 11.2. The number of aromatic nitrogens is 10. The summed E-state index contributed by atoms with van der Waals surface area (Å²) in [5.41, 5.74) is 11.4. The van der Waals surface area contributed by atoms with Gasteiger partial charge >= 0.3 is 6.09 Å². The van der Waals surface area contributed by atoms with Crippen molar-refractivity contribution in [2.45, 2.75) is 75.2 Å². The highest BCUT2D eigenvalue weighted by atomic mass is 16.4. The molecule has 7 heterocycles. The number of rotatable bonds is 7. The van der Waals surface area contributed by atoms with Crippen LogP contribution in [0.5, 0.6) is 0 Å². The van der Waals surface area contributed by atoms with E-state index in [0.29, 0.717) is 43.2 Å². The summed E-state index contributed by atoms with van der Waals surface area (Å²) < 4.78 is 3.55. The minimum Gasteiger partial charge on any atom is -0.465 e. The second-order valence-corrected chi connectivity index (χ2v) is 14.3. The molecular formula is C34H42N14O2. The van der Waals surface area contributed by atoms with Gasteiger partial charge in [-0.25, -0.2) is 23.8 Å². The number of nitriles is 1. The molecule has 6 aromatic heterocycles. The van der Waals surface area contributed by atoms with Crippen molar-refractivity contribution in [2.75, 3.05) is 26.2 Å². The third-order valence-electron chi connectivity index (χ3n) is 11.2. The van der Waals surface area contributed by atoms with Gasteiger partial charge in [-0.2, -0.15) is 5.26 Å². The van der Waals surface area contributed by atoms with E-state index in [9.17, 15) is 4.79 Å². The summed E-state index contributed by atoms with van der Waals surface area (Å²) >= 11 is 0. The molecule has 6 aromatic rings. The van der Waals surface area contributed by atoms with Gasteiger partial charge in [0.05, 0.1) is 29.4 Å². The van der Waals surface area contributed by atoms with Crippen LogP contribution in [0.15, 0.2) is 37.2 Å². The predicted octanol–water partition coefficient (Wildman–Crippen LogP) is 3.95. The van der Waals surface area contributed by atoms with Crippen LogP contribution in [0.2, 0.25) is 0 Å². The first-order valence-corrected chi connectivity index (χ1v) is 17.6. The van der Waals surface area contributed by atoms with Gasteiger partial charge in [0.1, 0.15) is 35.0 Å². The zero-order chi connectivity index (χ0) is 34.2. The van der Waals surface area contributed by atoms with E-state index in [2.05, 4.69) is 58.0 Å². The van der Waals surface area contributed by atoms with Crippen molar-refractivity contribution in [1.29, 1.82) is 5.26 Å². The van der Waals surface area contributed by atoms with Gasteiger partial charge in [0.15, 0.2) is 0 Å². The summed E-state index contributed by atoms with van der Waals surface area (Å²) in [7, 11) is 0. The number of carbonyl (C=O) groups is 1. The van der Waals surface area contributed by atoms with Crippen LogP contribution in [0.1, 0.15) is 81.0 Å². The molecule has 6 N–H and O–H groups in total. The molecule has 260 valence electrons. The molecule has 0 unspecified atom stereocenters. The number of nitrogens with zero attached hydrogens (tertiary/aromatic N) is 10. The fraction of sp³-hybridized carbons (Fsp3) is 0.529. The van der Waals surface area contributed by atoms with Crippen molar-refractivity contribution in [3.8, 4) is 6.07 Å². The number of likely N-dealkylation sites (tertiary alicyclic amines) is 1. The van der Waals surface area contributed by atoms with Gasteiger partial charge < -0.3 is 31.0 Å². The lowest BCUT2D eigenvalue weighted by Gasteiger charge is -2.49. The van der Waals surface area contributed by atoms with Crippen LogP contribution in [-0.2, 0) is 0 Å². The summed E-state index contributed by atoms with van der Waals surface area (Å²) in [6, 6.07) is 6.28. The number of amides is 1. The molecule has 50 heavy (non-hydrogen) atoms. The Balaban J connectivity index is 0.000000156. The average molecular weight is 679 g/mol. The molecule has 1 aliphatic heterocycles. The monoisotopic (exact) mass is 678 g/mol. The maximum atomic E-state index is 11.1. The lowest BCUT2D eigenvalue weighted by molar-refractivity contribution is 0.0414. The van der Waals surface area contributed by atoms with Crippen molar-refractivity contribution in [2.24, 2.45) is 17.6 Å². The van der Waals surface area contributed by atoms with Gasteiger partial charge in [-0.3, -0.25) is 0 Å². The second kappa shape index (κ2) is 13.3. The predicted molar refractivity (Wildman–Crippen MR) is 184 cm³/mol. The first-order valence-electron chi connectivity index (χ1n) is 17.6. The number of carboxylic acid groups (broad SMARTS) is 1. The maximum Gasteiger partial charge on any atom is 0.407 e. The van der Waals surface area contributed by atoms with Gasteiger partial charge in [-0.05, 0) is 88.4 Å². The molecule has 1 saturated heterocycles. The number of nitrogens with one attached hydrogen (secondary N) is 3. The molecular weight excluding hydrogens is 636 g/mol. The topological polar surface area (TPSA) is 220 Å². The van der Waals surface area contributed by atoms with E-state index in [0.717, 1.165) is 96.1 Å². The normalized spacial score (nSPS) is 23.5. The van der Waals surface area contributed by atoms with Crippen molar-refractivity contribution in [1.82, 2.24) is 59.8 Å².